The van der Waals surface area contributed by atoms with Crippen LogP contribution >= 0.6 is 11.6 Å². The molecular formula is C25H24ClN3O2. The molecule has 1 aliphatic rings. The number of halogens is 1. The number of carbonyl (C=O) groups is 1. The summed E-state index contributed by atoms with van der Waals surface area (Å²) in [5, 5.41) is 2.74. The van der Waals surface area contributed by atoms with Crippen molar-refractivity contribution in [2.45, 2.75) is 25.7 Å². The molecule has 1 saturated heterocycles. The number of pyridine rings is 1. The molecule has 0 aliphatic carbocycles. The fourth-order valence-corrected chi connectivity index (χ4v) is 4.79. The molecule has 2 aromatic carbocycles. The molecule has 0 spiro atoms. The molecule has 0 radical (unpaired) electrons. The van der Waals surface area contributed by atoms with Crippen molar-refractivity contribution in [2.24, 2.45) is 0 Å². The number of aromatic amines is 1. The number of carbonyl (C=O) groups excluding carboxylic acids is 1. The molecule has 3 heterocycles. The van der Waals surface area contributed by atoms with Crippen molar-refractivity contribution in [1.82, 2.24) is 14.9 Å². The summed E-state index contributed by atoms with van der Waals surface area (Å²) in [6.07, 6.45) is 3.97. The molecule has 2 aromatic heterocycles. The largest absolute Gasteiger partial charge is 0.497 e. The van der Waals surface area contributed by atoms with E-state index in [1.807, 2.05) is 42.2 Å². The van der Waals surface area contributed by atoms with E-state index >= 15 is 0 Å². The number of aromatic nitrogens is 2. The van der Waals surface area contributed by atoms with Crippen LogP contribution < -0.4 is 4.74 Å². The molecule has 4 aromatic rings. The normalized spacial score (nSPS) is 15.0. The van der Waals surface area contributed by atoms with Crippen LogP contribution in [0.3, 0.4) is 0 Å². The Hall–Kier alpha value is -3.05. The van der Waals surface area contributed by atoms with E-state index in [0.29, 0.717) is 16.5 Å². The van der Waals surface area contributed by atoms with E-state index in [4.69, 9.17) is 16.3 Å². The number of piperidine rings is 1. The lowest BCUT2D eigenvalue weighted by atomic mass is 9.89. The molecule has 31 heavy (non-hydrogen) atoms. The van der Waals surface area contributed by atoms with Gasteiger partial charge in [0.1, 0.15) is 5.75 Å². The summed E-state index contributed by atoms with van der Waals surface area (Å²) in [6, 6.07) is 13.6. The lowest BCUT2D eigenvalue weighted by molar-refractivity contribution is 0.0712. The van der Waals surface area contributed by atoms with Gasteiger partial charge in [0.25, 0.3) is 5.91 Å². The number of amides is 1. The minimum atomic E-state index is 0.0471. The Kier molecular flexibility index (Phi) is 5.06. The third-order valence-electron chi connectivity index (χ3n) is 6.34. The zero-order chi connectivity index (χ0) is 21.5. The van der Waals surface area contributed by atoms with Crippen LogP contribution in [0.15, 0.2) is 48.7 Å². The Labute approximate surface area is 186 Å². The van der Waals surface area contributed by atoms with Crippen molar-refractivity contribution in [3.8, 4) is 5.75 Å². The molecular weight excluding hydrogens is 410 g/mol. The fourth-order valence-electron chi connectivity index (χ4n) is 4.61. The van der Waals surface area contributed by atoms with Crippen LogP contribution in [0, 0.1) is 6.92 Å². The number of hydrogen-bond acceptors (Lipinski definition) is 3. The minimum absolute atomic E-state index is 0.0471. The number of benzene rings is 2. The van der Waals surface area contributed by atoms with Crippen LogP contribution in [0.2, 0.25) is 5.02 Å². The van der Waals surface area contributed by atoms with E-state index in [1.165, 1.54) is 10.9 Å². The quantitative estimate of drug-likeness (QED) is 0.450. The molecule has 0 saturated carbocycles. The number of nitrogens with one attached hydrogen (secondary N) is 1. The van der Waals surface area contributed by atoms with Gasteiger partial charge >= 0.3 is 0 Å². The molecule has 1 N–H and O–H groups in total. The van der Waals surface area contributed by atoms with Crippen molar-refractivity contribution in [2.75, 3.05) is 20.2 Å². The number of hydrogen-bond donors (Lipinski definition) is 1. The van der Waals surface area contributed by atoms with Gasteiger partial charge in [-0.1, -0.05) is 11.6 Å². The first-order valence-corrected chi connectivity index (χ1v) is 10.9. The number of aryl methyl sites for hydroxylation is 1. The standard InChI is InChI=1S/C25H24ClN3O2/c1-15-20(12-17-11-18(26)3-5-23(17)28-15)25(30)29-9-7-16(8-10-29)22-14-27-24-6-4-19(31-2)13-21(22)24/h3-6,11-14,16,27H,7-10H2,1-2H3. The van der Waals surface area contributed by atoms with Crippen LogP contribution in [0.1, 0.15) is 40.4 Å². The van der Waals surface area contributed by atoms with Gasteiger partial charge in [-0.3, -0.25) is 9.78 Å². The third kappa shape index (κ3) is 3.63. The van der Waals surface area contributed by atoms with E-state index in [0.717, 1.165) is 53.8 Å². The molecule has 5 rings (SSSR count). The highest BCUT2D eigenvalue weighted by atomic mass is 35.5. The van der Waals surface area contributed by atoms with Gasteiger partial charge in [-0.15, -0.1) is 0 Å². The number of nitrogens with zero attached hydrogens (tertiary/aromatic N) is 2. The van der Waals surface area contributed by atoms with E-state index in [-0.39, 0.29) is 5.91 Å². The maximum Gasteiger partial charge on any atom is 0.255 e. The second-order valence-electron chi connectivity index (χ2n) is 8.18. The Morgan fingerprint density at radius 2 is 1.97 bits per heavy atom. The van der Waals surface area contributed by atoms with Crippen molar-refractivity contribution in [3.63, 3.8) is 0 Å². The average molecular weight is 434 g/mol. The summed E-state index contributed by atoms with van der Waals surface area (Å²) in [7, 11) is 1.69. The van der Waals surface area contributed by atoms with Gasteiger partial charge in [0.05, 0.1) is 23.9 Å². The van der Waals surface area contributed by atoms with Gasteiger partial charge in [-0.2, -0.15) is 0 Å². The Bertz CT molecular complexity index is 1290. The van der Waals surface area contributed by atoms with E-state index in [9.17, 15) is 4.79 Å². The molecule has 0 atom stereocenters. The number of ether oxygens (including phenoxy) is 1. The van der Waals surface area contributed by atoms with Crippen LogP contribution in [0.4, 0.5) is 0 Å². The van der Waals surface area contributed by atoms with Crippen LogP contribution in [0.25, 0.3) is 21.8 Å². The molecule has 158 valence electrons. The number of rotatable bonds is 3. The highest BCUT2D eigenvalue weighted by Crippen LogP contribution is 2.35. The number of H-pyrrole nitrogens is 1. The first-order valence-electron chi connectivity index (χ1n) is 10.5. The van der Waals surface area contributed by atoms with E-state index < -0.39 is 0 Å². The molecule has 1 amide bonds. The Balaban J connectivity index is 1.35. The summed E-state index contributed by atoms with van der Waals surface area (Å²) in [6.45, 7) is 3.35. The van der Waals surface area contributed by atoms with Crippen LogP contribution in [-0.2, 0) is 0 Å². The summed E-state index contributed by atoms with van der Waals surface area (Å²) in [5.41, 5.74) is 4.69. The molecule has 1 fully saturated rings. The maximum atomic E-state index is 13.3. The van der Waals surface area contributed by atoms with Gasteiger partial charge in [0, 0.05) is 40.6 Å². The molecule has 5 nitrogen and oxygen atoms in total. The zero-order valence-electron chi connectivity index (χ0n) is 17.6. The lowest BCUT2D eigenvalue weighted by Gasteiger charge is -2.32. The van der Waals surface area contributed by atoms with E-state index in [1.54, 1.807) is 7.11 Å². The lowest BCUT2D eigenvalue weighted by Crippen LogP contribution is -2.38. The Morgan fingerprint density at radius 3 is 2.74 bits per heavy atom. The van der Waals surface area contributed by atoms with Crippen molar-refractivity contribution < 1.29 is 9.53 Å². The van der Waals surface area contributed by atoms with Gasteiger partial charge < -0.3 is 14.6 Å². The SMILES string of the molecule is COc1ccc2[nH]cc(C3CCN(C(=O)c4cc5cc(Cl)ccc5nc4C)CC3)c2c1. The zero-order valence-corrected chi connectivity index (χ0v) is 18.4. The molecule has 0 bridgehead atoms. The predicted molar refractivity (Wildman–Crippen MR) is 124 cm³/mol. The average Bonchev–Trinajstić information content (AvgIpc) is 3.21. The first kappa shape index (κ1) is 19.9. The molecule has 1 aliphatic heterocycles. The summed E-state index contributed by atoms with van der Waals surface area (Å²) >= 11 is 6.13. The van der Waals surface area contributed by atoms with Gasteiger partial charge in [0.15, 0.2) is 0 Å². The van der Waals surface area contributed by atoms with Crippen LogP contribution in [0.5, 0.6) is 5.75 Å². The minimum Gasteiger partial charge on any atom is -0.497 e. The summed E-state index contributed by atoms with van der Waals surface area (Å²) < 4.78 is 5.40. The smallest absolute Gasteiger partial charge is 0.255 e. The summed E-state index contributed by atoms with van der Waals surface area (Å²) in [5.74, 6) is 1.32. The number of methoxy groups -OCH3 is 1. The summed E-state index contributed by atoms with van der Waals surface area (Å²) in [4.78, 5) is 23.2. The van der Waals surface area contributed by atoms with Gasteiger partial charge in [-0.05, 0) is 73.7 Å². The second-order valence-corrected chi connectivity index (χ2v) is 8.62. The first-order chi connectivity index (χ1) is 15.0. The van der Waals surface area contributed by atoms with Gasteiger partial charge in [0.2, 0.25) is 0 Å². The van der Waals surface area contributed by atoms with Crippen molar-refractivity contribution in [1.29, 1.82) is 0 Å². The monoisotopic (exact) mass is 433 g/mol. The topological polar surface area (TPSA) is 58.2 Å². The van der Waals surface area contributed by atoms with Crippen molar-refractivity contribution >= 4 is 39.3 Å². The maximum absolute atomic E-state index is 13.3. The van der Waals surface area contributed by atoms with Crippen molar-refractivity contribution in [3.05, 3.63) is 70.5 Å². The number of likely N-dealkylation sites (tertiary alicyclic amines) is 1. The fraction of sp³-hybridized carbons (Fsp3) is 0.280. The third-order valence-corrected chi connectivity index (χ3v) is 6.58. The highest BCUT2D eigenvalue weighted by molar-refractivity contribution is 6.31. The highest BCUT2D eigenvalue weighted by Gasteiger charge is 2.27. The van der Waals surface area contributed by atoms with Crippen LogP contribution in [-0.4, -0.2) is 41.0 Å². The molecule has 0 unspecified atom stereocenters. The molecule has 6 heteroatoms. The number of fused-ring (bicyclic) bond motifs is 2. The van der Waals surface area contributed by atoms with E-state index in [2.05, 4.69) is 28.3 Å². The Morgan fingerprint density at radius 1 is 1.16 bits per heavy atom. The van der Waals surface area contributed by atoms with Gasteiger partial charge in [-0.25, -0.2) is 0 Å². The predicted octanol–water partition coefficient (Wildman–Crippen LogP) is 5.71. The second kappa shape index (κ2) is 7.89.